The molecule has 0 aromatic heterocycles. The summed E-state index contributed by atoms with van der Waals surface area (Å²) in [6.45, 7) is 1.59. The number of aryl methyl sites for hydroxylation is 1. The fourth-order valence-corrected chi connectivity index (χ4v) is 4.47. The molecule has 9 heteroatoms. The first-order chi connectivity index (χ1) is 14.3. The van der Waals surface area contributed by atoms with E-state index in [1.807, 2.05) is 25.1 Å². The number of imide groups is 1. The average molecular weight is 538 g/mol. The molecular weight excluding hydrogens is 519 g/mol. The molecule has 2 aromatic rings. The summed E-state index contributed by atoms with van der Waals surface area (Å²) in [6.07, 6.45) is 1.60. The molecule has 0 bridgehead atoms. The quantitative estimate of drug-likeness (QED) is 0.437. The minimum absolute atomic E-state index is 0.242. The molecule has 0 radical (unpaired) electrons. The van der Waals surface area contributed by atoms with Gasteiger partial charge >= 0.3 is 0 Å². The Labute approximate surface area is 191 Å². The molecule has 1 N–H and O–H groups in total. The number of anilines is 1. The lowest BCUT2D eigenvalue weighted by Gasteiger charge is -2.12. The molecule has 156 valence electrons. The van der Waals surface area contributed by atoms with Gasteiger partial charge in [-0.15, -0.1) is 0 Å². The van der Waals surface area contributed by atoms with E-state index in [0.717, 1.165) is 25.8 Å². The van der Waals surface area contributed by atoms with Gasteiger partial charge in [0, 0.05) is 5.69 Å². The van der Waals surface area contributed by atoms with Crippen molar-refractivity contribution >= 4 is 63.2 Å². The monoisotopic (exact) mass is 538 g/mol. The van der Waals surface area contributed by atoms with Gasteiger partial charge in [0.05, 0.1) is 22.7 Å². The Morgan fingerprint density at radius 3 is 2.50 bits per heavy atom. The van der Waals surface area contributed by atoms with Crippen LogP contribution in [0, 0.1) is 10.5 Å². The number of carbonyl (C=O) groups excluding carboxylic acids is 3. The van der Waals surface area contributed by atoms with Gasteiger partial charge < -0.3 is 14.8 Å². The second-order valence-corrected chi connectivity index (χ2v) is 8.58. The normalized spacial score (nSPS) is 14.9. The lowest BCUT2D eigenvalue weighted by molar-refractivity contribution is -0.127. The van der Waals surface area contributed by atoms with Gasteiger partial charge in [-0.2, -0.15) is 0 Å². The highest BCUT2D eigenvalue weighted by molar-refractivity contribution is 14.1. The molecule has 30 heavy (non-hydrogen) atoms. The van der Waals surface area contributed by atoms with E-state index in [1.54, 1.807) is 31.4 Å². The maximum Gasteiger partial charge on any atom is 0.294 e. The minimum atomic E-state index is -0.506. The van der Waals surface area contributed by atoms with Crippen LogP contribution in [0.4, 0.5) is 10.5 Å². The highest BCUT2D eigenvalue weighted by Crippen LogP contribution is 2.37. The molecule has 3 amide bonds. The fraction of sp³-hybridized carbons (Fsp3) is 0.190. The molecule has 7 nitrogen and oxygen atoms in total. The summed E-state index contributed by atoms with van der Waals surface area (Å²) in [7, 11) is 3.07. The number of rotatable bonds is 6. The molecule has 0 unspecified atom stereocenters. The third kappa shape index (κ3) is 4.96. The number of halogens is 1. The van der Waals surface area contributed by atoms with Gasteiger partial charge in [0.15, 0.2) is 11.5 Å². The molecule has 3 rings (SSSR count). The van der Waals surface area contributed by atoms with Gasteiger partial charge in [0.25, 0.3) is 11.1 Å². The summed E-state index contributed by atoms with van der Waals surface area (Å²) < 4.78 is 11.4. The largest absolute Gasteiger partial charge is 0.493 e. The molecule has 0 saturated carbocycles. The highest BCUT2D eigenvalue weighted by atomic mass is 127. The van der Waals surface area contributed by atoms with Crippen LogP contribution in [0.5, 0.6) is 11.5 Å². The van der Waals surface area contributed by atoms with Crippen LogP contribution in [0.15, 0.2) is 41.3 Å². The lowest BCUT2D eigenvalue weighted by Crippen LogP contribution is -2.36. The Balaban J connectivity index is 1.75. The van der Waals surface area contributed by atoms with Crippen molar-refractivity contribution < 1.29 is 23.9 Å². The Kier molecular flexibility index (Phi) is 7.03. The van der Waals surface area contributed by atoms with Gasteiger partial charge in [-0.3, -0.25) is 19.3 Å². The summed E-state index contributed by atoms with van der Waals surface area (Å²) in [5, 5.41) is 2.21. The van der Waals surface area contributed by atoms with Crippen LogP contribution in [0.1, 0.15) is 11.1 Å². The van der Waals surface area contributed by atoms with Crippen molar-refractivity contribution in [1.29, 1.82) is 0 Å². The van der Waals surface area contributed by atoms with Gasteiger partial charge in [-0.25, -0.2) is 0 Å². The van der Waals surface area contributed by atoms with E-state index in [9.17, 15) is 14.4 Å². The zero-order valence-electron chi connectivity index (χ0n) is 16.5. The van der Waals surface area contributed by atoms with Crippen molar-refractivity contribution in [2.75, 3.05) is 26.1 Å². The Morgan fingerprint density at radius 2 is 1.87 bits per heavy atom. The lowest BCUT2D eigenvalue weighted by atomic mass is 10.2. The van der Waals surface area contributed by atoms with Crippen molar-refractivity contribution in [2.24, 2.45) is 0 Å². The number of nitrogens with zero attached hydrogens (tertiary/aromatic N) is 1. The van der Waals surface area contributed by atoms with Crippen LogP contribution in [0.2, 0.25) is 0 Å². The van der Waals surface area contributed by atoms with Crippen LogP contribution in [-0.2, 0) is 9.59 Å². The second-order valence-electron chi connectivity index (χ2n) is 6.42. The average Bonchev–Trinajstić information content (AvgIpc) is 2.96. The van der Waals surface area contributed by atoms with Crippen molar-refractivity contribution in [3.63, 3.8) is 0 Å². The van der Waals surface area contributed by atoms with E-state index < -0.39 is 17.1 Å². The number of carbonyl (C=O) groups is 3. The highest BCUT2D eigenvalue weighted by Gasteiger charge is 2.36. The molecule has 2 aromatic carbocycles. The van der Waals surface area contributed by atoms with Gasteiger partial charge in [-0.05, 0) is 77.2 Å². The minimum Gasteiger partial charge on any atom is -0.493 e. The van der Waals surface area contributed by atoms with Crippen molar-refractivity contribution in [3.8, 4) is 11.5 Å². The molecule has 1 heterocycles. The van der Waals surface area contributed by atoms with Crippen LogP contribution >= 0.6 is 34.4 Å². The Morgan fingerprint density at radius 1 is 1.17 bits per heavy atom. The van der Waals surface area contributed by atoms with E-state index in [1.165, 1.54) is 7.11 Å². The molecular formula is C21H19IN2O5S. The van der Waals surface area contributed by atoms with Crippen LogP contribution in [0.25, 0.3) is 6.08 Å². The Bertz CT molecular complexity index is 1040. The summed E-state index contributed by atoms with van der Waals surface area (Å²) >= 11 is 2.91. The third-order valence-electron chi connectivity index (χ3n) is 4.26. The topological polar surface area (TPSA) is 84.9 Å². The first-order valence-electron chi connectivity index (χ1n) is 8.85. The van der Waals surface area contributed by atoms with Crippen LogP contribution in [-0.4, -0.2) is 42.7 Å². The fourth-order valence-electron chi connectivity index (χ4n) is 2.79. The number of nitrogens with one attached hydrogen (secondary N) is 1. The van der Waals surface area contributed by atoms with E-state index in [-0.39, 0.29) is 11.4 Å². The van der Waals surface area contributed by atoms with Crippen LogP contribution in [0.3, 0.4) is 0 Å². The number of ether oxygens (including phenoxy) is 2. The molecule has 1 fully saturated rings. The Hall–Kier alpha value is -2.53. The molecule has 1 saturated heterocycles. The van der Waals surface area contributed by atoms with Crippen molar-refractivity contribution in [1.82, 2.24) is 4.90 Å². The van der Waals surface area contributed by atoms with Crippen molar-refractivity contribution in [2.45, 2.75) is 6.92 Å². The summed E-state index contributed by atoms with van der Waals surface area (Å²) in [6, 6.07) is 10.8. The number of hydrogen-bond donors (Lipinski definition) is 1. The number of thioether (sulfide) groups is 1. The summed E-state index contributed by atoms with van der Waals surface area (Å²) in [5.41, 5.74) is 2.36. The first kappa shape index (κ1) is 22.2. The van der Waals surface area contributed by atoms with Gasteiger partial charge in [0.1, 0.15) is 6.54 Å². The molecule has 0 atom stereocenters. The number of hydrogen-bond acceptors (Lipinski definition) is 6. The first-order valence-corrected chi connectivity index (χ1v) is 10.8. The maximum atomic E-state index is 12.7. The summed E-state index contributed by atoms with van der Waals surface area (Å²) in [5.74, 6) is 0.167. The van der Waals surface area contributed by atoms with Gasteiger partial charge in [-0.1, -0.05) is 17.7 Å². The molecule has 0 aliphatic carbocycles. The van der Waals surface area contributed by atoms with E-state index in [4.69, 9.17) is 9.47 Å². The van der Waals surface area contributed by atoms with E-state index in [0.29, 0.717) is 22.7 Å². The number of benzene rings is 2. The standard InChI is InChI=1S/C21H19IN2O5S/c1-12-4-6-14(7-5-12)23-18(25)11-24-20(26)17(30-21(24)27)10-13-8-15(22)19(29-3)16(9-13)28-2/h4-10H,11H2,1-3H3,(H,23,25)/b17-10+. The van der Waals surface area contributed by atoms with E-state index >= 15 is 0 Å². The SMILES string of the molecule is COc1cc(/C=C2/SC(=O)N(CC(=O)Nc3ccc(C)cc3)C2=O)cc(I)c1OC. The zero-order valence-corrected chi connectivity index (χ0v) is 19.5. The third-order valence-corrected chi connectivity index (χ3v) is 5.97. The van der Waals surface area contributed by atoms with E-state index in [2.05, 4.69) is 27.9 Å². The predicted octanol–water partition coefficient (Wildman–Crippen LogP) is 4.29. The maximum absolute atomic E-state index is 12.7. The summed E-state index contributed by atoms with van der Waals surface area (Å²) in [4.78, 5) is 38.5. The zero-order chi connectivity index (χ0) is 21.8. The van der Waals surface area contributed by atoms with Crippen molar-refractivity contribution in [3.05, 3.63) is 56.0 Å². The molecule has 1 aliphatic rings. The number of methoxy groups -OCH3 is 2. The second kappa shape index (κ2) is 9.52. The smallest absolute Gasteiger partial charge is 0.294 e. The van der Waals surface area contributed by atoms with Crippen LogP contribution < -0.4 is 14.8 Å². The number of amides is 3. The predicted molar refractivity (Wildman–Crippen MR) is 125 cm³/mol. The molecule has 1 aliphatic heterocycles. The molecule has 0 spiro atoms. The van der Waals surface area contributed by atoms with Gasteiger partial charge in [0.2, 0.25) is 5.91 Å².